The van der Waals surface area contributed by atoms with Gasteiger partial charge in [-0.1, -0.05) is 36.4 Å². The molecule has 2 unspecified atom stereocenters. The second kappa shape index (κ2) is 7.31. The molecule has 1 saturated heterocycles. The largest absolute Gasteiger partial charge is 0.354 e. The molecule has 0 radical (unpaired) electrons. The van der Waals surface area contributed by atoms with Gasteiger partial charge in [0.2, 0.25) is 17.7 Å². The Bertz CT molecular complexity index is 906. The zero-order chi connectivity index (χ0) is 18.8. The minimum absolute atomic E-state index is 0.196. The SMILES string of the molecule is O=C(CN1C(=O)C2CC=CCC2C1=O)NCCc1cccc2cccnc12. The number of aromatic nitrogens is 1. The van der Waals surface area contributed by atoms with Crippen LogP contribution in [0.4, 0.5) is 0 Å². The summed E-state index contributed by atoms with van der Waals surface area (Å²) < 4.78 is 0. The third-order valence-electron chi connectivity index (χ3n) is 5.33. The molecule has 1 aliphatic heterocycles. The standard InChI is InChI=1S/C21H21N3O3/c25-18(13-24-20(26)16-8-1-2-9-17(16)21(24)27)22-12-10-15-6-3-5-14-7-4-11-23-19(14)15/h1-7,11,16-17H,8-10,12-13H2,(H,22,25). The molecule has 0 bridgehead atoms. The number of allylic oxidation sites excluding steroid dienone is 2. The molecule has 1 aromatic carbocycles. The zero-order valence-electron chi connectivity index (χ0n) is 14.9. The summed E-state index contributed by atoms with van der Waals surface area (Å²) in [5.41, 5.74) is 1.98. The fourth-order valence-electron chi connectivity index (χ4n) is 3.93. The first kappa shape index (κ1) is 17.4. The monoisotopic (exact) mass is 363 g/mol. The molecule has 2 heterocycles. The predicted octanol–water partition coefficient (Wildman–Crippen LogP) is 1.84. The molecule has 138 valence electrons. The van der Waals surface area contributed by atoms with E-state index in [4.69, 9.17) is 0 Å². The van der Waals surface area contributed by atoms with Crippen LogP contribution in [0.3, 0.4) is 0 Å². The number of rotatable bonds is 5. The van der Waals surface area contributed by atoms with Gasteiger partial charge in [0.05, 0.1) is 17.4 Å². The van der Waals surface area contributed by atoms with Gasteiger partial charge >= 0.3 is 0 Å². The Morgan fingerprint density at radius 2 is 1.78 bits per heavy atom. The van der Waals surface area contributed by atoms with Crippen molar-refractivity contribution in [1.29, 1.82) is 0 Å². The fourth-order valence-corrected chi connectivity index (χ4v) is 3.93. The topological polar surface area (TPSA) is 79.4 Å². The van der Waals surface area contributed by atoms with Crippen LogP contribution < -0.4 is 5.32 Å². The van der Waals surface area contributed by atoms with Gasteiger partial charge in [-0.2, -0.15) is 0 Å². The third kappa shape index (κ3) is 3.35. The molecule has 2 atom stereocenters. The van der Waals surface area contributed by atoms with Crippen LogP contribution in [0.2, 0.25) is 0 Å². The summed E-state index contributed by atoms with van der Waals surface area (Å²) >= 11 is 0. The molecule has 2 aliphatic rings. The van der Waals surface area contributed by atoms with Gasteiger partial charge in [-0.05, 0) is 30.9 Å². The Morgan fingerprint density at radius 3 is 2.52 bits per heavy atom. The van der Waals surface area contributed by atoms with Gasteiger partial charge in [0, 0.05) is 18.1 Å². The molecule has 6 nitrogen and oxygen atoms in total. The first-order valence-corrected chi connectivity index (χ1v) is 9.24. The van der Waals surface area contributed by atoms with Gasteiger partial charge in [-0.25, -0.2) is 0 Å². The number of pyridine rings is 1. The predicted molar refractivity (Wildman–Crippen MR) is 101 cm³/mol. The van der Waals surface area contributed by atoms with E-state index >= 15 is 0 Å². The van der Waals surface area contributed by atoms with Crippen molar-refractivity contribution < 1.29 is 14.4 Å². The number of benzene rings is 1. The molecule has 1 N–H and O–H groups in total. The van der Waals surface area contributed by atoms with Gasteiger partial charge in [0.15, 0.2) is 0 Å². The van der Waals surface area contributed by atoms with Crippen LogP contribution in [-0.4, -0.2) is 40.7 Å². The summed E-state index contributed by atoms with van der Waals surface area (Å²) in [5.74, 6) is -1.34. The number of amides is 3. The Labute approximate surface area is 157 Å². The van der Waals surface area contributed by atoms with Crippen LogP contribution in [0, 0.1) is 11.8 Å². The Kier molecular flexibility index (Phi) is 4.71. The van der Waals surface area contributed by atoms with E-state index in [1.807, 2.05) is 42.5 Å². The smallest absolute Gasteiger partial charge is 0.240 e. The number of para-hydroxylation sites is 1. The molecule has 0 spiro atoms. The molecule has 1 aliphatic carbocycles. The minimum atomic E-state index is -0.309. The van der Waals surface area contributed by atoms with E-state index in [0.29, 0.717) is 25.8 Å². The highest BCUT2D eigenvalue weighted by Gasteiger charge is 2.47. The summed E-state index contributed by atoms with van der Waals surface area (Å²) in [6.45, 7) is 0.234. The molecular weight excluding hydrogens is 342 g/mol. The number of likely N-dealkylation sites (tertiary alicyclic amines) is 1. The first-order valence-electron chi connectivity index (χ1n) is 9.24. The maximum atomic E-state index is 12.4. The highest BCUT2D eigenvalue weighted by molar-refractivity contribution is 6.07. The maximum absolute atomic E-state index is 12.4. The van der Waals surface area contributed by atoms with E-state index in [0.717, 1.165) is 21.4 Å². The molecular formula is C21H21N3O3. The van der Waals surface area contributed by atoms with Gasteiger partial charge in [-0.15, -0.1) is 0 Å². The zero-order valence-corrected chi connectivity index (χ0v) is 14.9. The maximum Gasteiger partial charge on any atom is 0.240 e. The second-order valence-corrected chi connectivity index (χ2v) is 7.01. The first-order chi connectivity index (χ1) is 13.1. The van der Waals surface area contributed by atoms with Gasteiger partial charge in [-0.3, -0.25) is 24.3 Å². The molecule has 4 rings (SSSR count). The average molecular weight is 363 g/mol. The average Bonchev–Trinajstić information content (AvgIpc) is 2.93. The number of nitrogens with one attached hydrogen (secondary N) is 1. The highest BCUT2D eigenvalue weighted by atomic mass is 16.2. The molecule has 27 heavy (non-hydrogen) atoms. The van der Waals surface area contributed by atoms with Crippen molar-refractivity contribution in [1.82, 2.24) is 15.2 Å². The number of carbonyl (C=O) groups excluding carboxylic acids is 3. The van der Waals surface area contributed by atoms with E-state index in [2.05, 4.69) is 10.3 Å². The van der Waals surface area contributed by atoms with Crippen molar-refractivity contribution in [3.63, 3.8) is 0 Å². The van der Waals surface area contributed by atoms with Crippen molar-refractivity contribution >= 4 is 28.6 Å². The van der Waals surface area contributed by atoms with Crippen molar-refractivity contribution in [3.05, 3.63) is 54.2 Å². The summed E-state index contributed by atoms with van der Waals surface area (Å²) in [6, 6.07) is 9.86. The number of hydrogen-bond acceptors (Lipinski definition) is 4. The highest BCUT2D eigenvalue weighted by Crippen LogP contribution is 2.34. The Hall–Kier alpha value is -3.02. The quantitative estimate of drug-likeness (QED) is 0.649. The van der Waals surface area contributed by atoms with E-state index in [-0.39, 0.29) is 36.1 Å². The van der Waals surface area contributed by atoms with Gasteiger partial charge < -0.3 is 5.32 Å². The van der Waals surface area contributed by atoms with E-state index < -0.39 is 0 Å². The minimum Gasteiger partial charge on any atom is -0.354 e. The number of hydrogen-bond donors (Lipinski definition) is 1. The lowest BCUT2D eigenvalue weighted by Gasteiger charge is -2.14. The van der Waals surface area contributed by atoms with Crippen molar-refractivity contribution in [2.45, 2.75) is 19.3 Å². The van der Waals surface area contributed by atoms with Crippen molar-refractivity contribution in [2.24, 2.45) is 11.8 Å². The van der Waals surface area contributed by atoms with Gasteiger partial charge in [0.1, 0.15) is 6.54 Å². The summed E-state index contributed by atoms with van der Waals surface area (Å²) in [5, 5.41) is 3.88. The van der Waals surface area contributed by atoms with Crippen LogP contribution in [-0.2, 0) is 20.8 Å². The van der Waals surface area contributed by atoms with E-state index in [9.17, 15) is 14.4 Å². The lowest BCUT2D eigenvalue weighted by Crippen LogP contribution is -2.41. The van der Waals surface area contributed by atoms with Gasteiger partial charge in [0.25, 0.3) is 0 Å². The number of imide groups is 1. The molecule has 0 saturated carbocycles. The normalized spacial score (nSPS) is 21.6. The molecule has 3 amide bonds. The van der Waals surface area contributed by atoms with Crippen LogP contribution in [0.15, 0.2) is 48.7 Å². The fraction of sp³-hybridized carbons (Fsp3) is 0.333. The lowest BCUT2D eigenvalue weighted by atomic mass is 9.85. The summed E-state index contributed by atoms with van der Waals surface area (Å²) in [6.07, 6.45) is 7.44. The van der Waals surface area contributed by atoms with Crippen LogP contribution in [0.5, 0.6) is 0 Å². The van der Waals surface area contributed by atoms with Crippen LogP contribution >= 0.6 is 0 Å². The molecule has 1 fully saturated rings. The summed E-state index contributed by atoms with van der Waals surface area (Å²) in [7, 11) is 0. The lowest BCUT2D eigenvalue weighted by molar-refractivity contribution is -0.143. The number of fused-ring (bicyclic) bond motifs is 2. The molecule has 1 aromatic heterocycles. The summed E-state index contributed by atoms with van der Waals surface area (Å²) in [4.78, 5) is 42.6. The molecule has 6 heteroatoms. The Morgan fingerprint density at radius 1 is 1.07 bits per heavy atom. The van der Waals surface area contributed by atoms with Crippen LogP contribution in [0.1, 0.15) is 18.4 Å². The Balaban J connectivity index is 1.34. The third-order valence-corrected chi connectivity index (χ3v) is 5.33. The van der Waals surface area contributed by atoms with Crippen molar-refractivity contribution in [2.75, 3.05) is 13.1 Å². The van der Waals surface area contributed by atoms with Crippen LogP contribution in [0.25, 0.3) is 10.9 Å². The number of carbonyl (C=O) groups is 3. The molecule has 2 aromatic rings. The van der Waals surface area contributed by atoms with E-state index in [1.165, 1.54) is 0 Å². The second-order valence-electron chi connectivity index (χ2n) is 7.01. The van der Waals surface area contributed by atoms with E-state index in [1.54, 1.807) is 6.20 Å². The van der Waals surface area contributed by atoms with Crippen molar-refractivity contribution in [3.8, 4) is 0 Å². The number of nitrogens with zero attached hydrogens (tertiary/aromatic N) is 2.